The van der Waals surface area contributed by atoms with Gasteiger partial charge in [0, 0.05) is 13.0 Å². The Hall–Kier alpha value is -1.27. The third-order valence-electron chi connectivity index (χ3n) is 2.52. The average Bonchev–Trinajstić information content (AvgIpc) is 2.70. The number of rotatable bonds is 8. The molecule has 0 saturated carbocycles. The zero-order valence-electron chi connectivity index (χ0n) is 11.9. The van der Waals surface area contributed by atoms with Crippen molar-refractivity contribution in [3.8, 4) is 5.75 Å². The summed E-state index contributed by atoms with van der Waals surface area (Å²) in [7, 11) is 1.55. The van der Waals surface area contributed by atoms with E-state index in [1.54, 1.807) is 7.11 Å². The molecule has 0 fully saturated rings. The number of carbonyl (C=O) groups is 1. The number of nitrogen functional groups attached to an aromatic ring is 1. The normalized spacial score (nSPS) is 10.8. The third kappa shape index (κ3) is 4.11. The summed E-state index contributed by atoms with van der Waals surface area (Å²) in [6.45, 7) is 7.03. The Bertz CT molecular complexity index is 430. The highest BCUT2D eigenvalue weighted by atomic mass is 32.1. The van der Waals surface area contributed by atoms with Gasteiger partial charge < -0.3 is 20.5 Å². The smallest absolute Gasteiger partial charge is 0.176 e. The van der Waals surface area contributed by atoms with Crippen molar-refractivity contribution in [2.75, 3.05) is 31.3 Å². The second kappa shape index (κ2) is 7.35. The van der Waals surface area contributed by atoms with Gasteiger partial charge >= 0.3 is 0 Å². The number of anilines is 2. The lowest BCUT2D eigenvalue weighted by Gasteiger charge is -2.09. The van der Waals surface area contributed by atoms with Crippen molar-refractivity contribution in [2.45, 2.75) is 33.3 Å². The first-order valence-electron chi connectivity index (χ1n) is 6.36. The van der Waals surface area contributed by atoms with Crippen LogP contribution >= 0.6 is 11.3 Å². The molecule has 0 saturated heterocycles. The maximum atomic E-state index is 11.8. The minimum absolute atomic E-state index is 0.0345. The molecule has 1 heterocycles. The number of thiophene rings is 1. The van der Waals surface area contributed by atoms with Crippen LogP contribution in [0, 0.1) is 0 Å². The molecule has 0 aliphatic rings. The average molecular weight is 286 g/mol. The molecule has 0 bridgehead atoms. The molecule has 0 amide bonds. The molecule has 5 nitrogen and oxygen atoms in total. The quantitative estimate of drug-likeness (QED) is 0.568. The zero-order valence-corrected chi connectivity index (χ0v) is 12.7. The molecule has 0 unspecified atom stereocenters. The Kier molecular flexibility index (Phi) is 6.11. The van der Waals surface area contributed by atoms with Gasteiger partial charge in [0.05, 0.1) is 30.4 Å². The van der Waals surface area contributed by atoms with Crippen molar-refractivity contribution < 1.29 is 14.3 Å². The molecule has 0 atom stereocenters. The van der Waals surface area contributed by atoms with Crippen LogP contribution < -0.4 is 15.8 Å². The number of carbonyl (C=O) groups excluding carboxylic acids is 1. The molecule has 1 aromatic heterocycles. The molecule has 0 spiro atoms. The molecule has 0 aliphatic heterocycles. The SMILES string of the molecule is CCC(=O)c1sc(NCCOC(C)C)c(OC)c1N. The summed E-state index contributed by atoms with van der Waals surface area (Å²) in [6.07, 6.45) is 0.637. The van der Waals surface area contributed by atoms with Crippen LogP contribution in [0.4, 0.5) is 10.7 Å². The fraction of sp³-hybridized carbons (Fsp3) is 0.615. The van der Waals surface area contributed by atoms with Crippen molar-refractivity contribution >= 4 is 27.8 Å². The molecule has 1 rings (SSSR count). The van der Waals surface area contributed by atoms with E-state index in [-0.39, 0.29) is 11.9 Å². The first-order chi connectivity index (χ1) is 9.01. The number of hydrogen-bond donors (Lipinski definition) is 2. The number of ketones is 1. The Balaban J connectivity index is 2.74. The number of Topliss-reactive ketones (excluding diaryl/α,β-unsaturated/α-hetero) is 1. The molecule has 0 radical (unpaired) electrons. The van der Waals surface area contributed by atoms with E-state index >= 15 is 0 Å². The van der Waals surface area contributed by atoms with Gasteiger partial charge in [-0.2, -0.15) is 0 Å². The number of nitrogens with two attached hydrogens (primary N) is 1. The lowest BCUT2D eigenvalue weighted by molar-refractivity contribution is 0.0870. The molecule has 0 aromatic carbocycles. The van der Waals surface area contributed by atoms with Gasteiger partial charge in [-0.05, 0) is 13.8 Å². The van der Waals surface area contributed by atoms with Crippen molar-refractivity contribution in [2.24, 2.45) is 0 Å². The molecule has 0 aliphatic carbocycles. The highest BCUT2D eigenvalue weighted by molar-refractivity contribution is 7.19. The van der Waals surface area contributed by atoms with E-state index in [4.69, 9.17) is 15.2 Å². The largest absolute Gasteiger partial charge is 0.492 e. The molecule has 6 heteroatoms. The van der Waals surface area contributed by atoms with Crippen LogP contribution in [0.2, 0.25) is 0 Å². The fourth-order valence-electron chi connectivity index (χ4n) is 1.57. The fourth-order valence-corrected chi connectivity index (χ4v) is 2.70. The Morgan fingerprint density at radius 1 is 1.47 bits per heavy atom. The van der Waals surface area contributed by atoms with Gasteiger partial charge in [-0.15, -0.1) is 11.3 Å². The second-order valence-corrected chi connectivity index (χ2v) is 5.35. The predicted octanol–water partition coefficient (Wildman–Crippen LogP) is 2.77. The number of hydrogen-bond acceptors (Lipinski definition) is 6. The van der Waals surface area contributed by atoms with E-state index < -0.39 is 0 Å². The van der Waals surface area contributed by atoms with Crippen LogP contribution in [0.5, 0.6) is 5.75 Å². The standard InChI is InChI=1S/C13H22N2O3S/c1-5-9(16)12-10(14)11(17-4)13(19-12)15-6-7-18-8(2)3/h8,15H,5-7,14H2,1-4H3. The molecule has 3 N–H and O–H groups in total. The highest BCUT2D eigenvalue weighted by Gasteiger charge is 2.20. The van der Waals surface area contributed by atoms with Crippen molar-refractivity contribution in [1.82, 2.24) is 0 Å². The second-order valence-electron chi connectivity index (χ2n) is 4.33. The maximum Gasteiger partial charge on any atom is 0.176 e. The molecular weight excluding hydrogens is 264 g/mol. The van der Waals surface area contributed by atoms with E-state index in [0.717, 1.165) is 5.00 Å². The first-order valence-corrected chi connectivity index (χ1v) is 7.17. The van der Waals surface area contributed by atoms with Gasteiger partial charge in [-0.1, -0.05) is 6.92 Å². The first kappa shape index (κ1) is 15.8. The summed E-state index contributed by atoms with van der Waals surface area (Å²) >= 11 is 1.34. The maximum absolute atomic E-state index is 11.8. The van der Waals surface area contributed by atoms with Crippen LogP contribution in [0.25, 0.3) is 0 Å². The number of methoxy groups -OCH3 is 1. The van der Waals surface area contributed by atoms with Gasteiger partial charge in [-0.3, -0.25) is 4.79 Å². The van der Waals surface area contributed by atoms with Gasteiger partial charge in [0.25, 0.3) is 0 Å². The van der Waals surface area contributed by atoms with Gasteiger partial charge in [-0.25, -0.2) is 0 Å². The Labute approximate surface area is 118 Å². The molecule has 1 aromatic rings. The molecular formula is C13H22N2O3S. The van der Waals surface area contributed by atoms with E-state index in [0.29, 0.717) is 35.9 Å². The Morgan fingerprint density at radius 2 is 2.16 bits per heavy atom. The summed E-state index contributed by atoms with van der Waals surface area (Å²) in [6, 6.07) is 0. The van der Waals surface area contributed by atoms with Crippen LogP contribution in [-0.4, -0.2) is 32.1 Å². The van der Waals surface area contributed by atoms with Crippen LogP contribution in [0.3, 0.4) is 0 Å². The summed E-state index contributed by atoms with van der Waals surface area (Å²) in [4.78, 5) is 12.3. The number of nitrogens with one attached hydrogen (secondary N) is 1. The third-order valence-corrected chi connectivity index (χ3v) is 3.70. The summed E-state index contributed by atoms with van der Waals surface area (Å²) < 4.78 is 10.7. The molecule has 19 heavy (non-hydrogen) atoms. The lowest BCUT2D eigenvalue weighted by Crippen LogP contribution is -2.12. The van der Waals surface area contributed by atoms with Crippen molar-refractivity contribution in [3.05, 3.63) is 4.88 Å². The zero-order chi connectivity index (χ0) is 14.4. The van der Waals surface area contributed by atoms with Crippen LogP contribution in [0.1, 0.15) is 36.9 Å². The monoisotopic (exact) mass is 286 g/mol. The minimum atomic E-state index is 0.0345. The van der Waals surface area contributed by atoms with E-state index in [1.807, 2.05) is 20.8 Å². The summed E-state index contributed by atoms with van der Waals surface area (Å²) in [5, 5.41) is 3.98. The predicted molar refractivity (Wildman–Crippen MR) is 79.5 cm³/mol. The van der Waals surface area contributed by atoms with Crippen LogP contribution in [-0.2, 0) is 4.74 Å². The van der Waals surface area contributed by atoms with Gasteiger partial charge in [0.1, 0.15) is 5.00 Å². The van der Waals surface area contributed by atoms with Crippen molar-refractivity contribution in [1.29, 1.82) is 0 Å². The topological polar surface area (TPSA) is 73.6 Å². The van der Waals surface area contributed by atoms with E-state index in [9.17, 15) is 4.79 Å². The molecule has 108 valence electrons. The lowest BCUT2D eigenvalue weighted by atomic mass is 10.2. The van der Waals surface area contributed by atoms with E-state index in [1.165, 1.54) is 11.3 Å². The van der Waals surface area contributed by atoms with Crippen LogP contribution in [0.15, 0.2) is 0 Å². The van der Waals surface area contributed by atoms with Gasteiger partial charge in [0.2, 0.25) is 0 Å². The summed E-state index contributed by atoms with van der Waals surface area (Å²) in [5.41, 5.74) is 6.36. The minimum Gasteiger partial charge on any atom is -0.492 e. The number of ether oxygens (including phenoxy) is 2. The van der Waals surface area contributed by atoms with E-state index in [2.05, 4.69) is 5.32 Å². The van der Waals surface area contributed by atoms with Gasteiger partial charge in [0.15, 0.2) is 11.5 Å². The Morgan fingerprint density at radius 3 is 2.68 bits per heavy atom. The summed E-state index contributed by atoms with van der Waals surface area (Å²) in [5.74, 6) is 0.582. The van der Waals surface area contributed by atoms with Crippen molar-refractivity contribution in [3.63, 3.8) is 0 Å². The highest BCUT2D eigenvalue weighted by Crippen LogP contribution is 2.42.